The Balaban J connectivity index is 2.09. The molecule has 4 heterocycles. The van der Waals surface area contributed by atoms with Gasteiger partial charge < -0.3 is 9.47 Å². The Morgan fingerprint density at radius 3 is 1.63 bits per heavy atom. The largest absolute Gasteiger partial charge is 0.468 e. The van der Waals surface area contributed by atoms with Crippen LogP contribution in [-0.4, -0.2) is 74.6 Å². The van der Waals surface area contributed by atoms with E-state index in [1.54, 1.807) is 0 Å². The van der Waals surface area contributed by atoms with E-state index >= 15 is 0 Å². The van der Waals surface area contributed by atoms with Gasteiger partial charge in [0.1, 0.15) is 0 Å². The zero-order valence-electron chi connectivity index (χ0n) is 11.0. The normalized spacial score (nSPS) is 43.2. The molecule has 0 saturated carbocycles. The first kappa shape index (κ1) is 12.6. The van der Waals surface area contributed by atoms with E-state index in [4.69, 9.17) is 9.47 Å². The summed E-state index contributed by atoms with van der Waals surface area (Å²) >= 11 is 0. The molecular weight excluding hydrogens is 252 g/mol. The molecule has 0 amide bonds. The number of piperidine rings is 2. The van der Waals surface area contributed by atoms with Gasteiger partial charge in [0.05, 0.1) is 20.9 Å². The van der Waals surface area contributed by atoms with E-state index < -0.39 is 22.8 Å². The van der Waals surface area contributed by atoms with Crippen LogP contribution in [0, 0.1) is 10.8 Å². The summed E-state index contributed by atoms with van der Waals surface area (Å²) in [5.74, 6) is -1.45. The Bertz CT molecular complexity index is 423. The molecule has 19 heavy (non-hydrogen) atoms. The molecule has 4 aliphatic heterocycles. The van der Waals surface area contributed by atoms with Crippen molar-refractivity contribution in [3.63, 3.8) is 0 Å². The molecule has 4 aliphatic rings. The number of ketones is 1. The molecule has 0 aromatic carbocycles. The van der Waals surface area contributed by atoms with Gasteiger partial charge in [-0.25, -0.2) is 0 Å². The number of nitrogens with zero attached hydrogens (tertiary/aromatic N) is 2. The Morgan fingerprint density at radius 2 is 1.32 bits per heavy atom. The molecule has 7 heteroatoms. The van der Waals surface area contributed by atoms with Gasteiger partial charge in [0, 0.05) is 26.2 Å². The fourth-order valence-corrected chi connectivity index (χ4v) is 3.80. The van der Waals surface area contributed by atoms with Crippen molar-refractivity contribution in [3.8, 4) is 0 Å². The second kappa shape index (κ2) is 3.77. The number of hydrogen-bond acceptors (Lipinski definition) is 7. The van der Waals surface area contributed by atoms with Crippen molar-refractivity contribution in [2.75, 3.05) is 47.1 Å². The molecule has 4 fully saturated rings. The fraction of sp³-hybridized carbons (Fsp3) is 0.750. The SMILES string of the molecule is COC(=O)C12CN3CN(C1)CC(C(=O)OC)(C3)C2=O. The minimum Gasteiger partial charge on any atom is -0.468 e. The number of hydrogen-bond donors (Lipinski definition) is 0. The quantitative estimate of drug-likeness (QED) is 0.444. The summed E-state index contributed by atoms with van der Waals surface area (Å²) < 4.78 is 9.60. The van der Waals surface area contributed by atoms with Crippen LogP contribution in [0.4, 0.5) is 0 Å². The third kappa shape index (κ3) is 1.37. The summed E-state index contributed by atoms with van der Waals surface area (Å²) in [5.41, 5.74) is -2.48. The van der Waals surface area contributed by atoms with E-state index in [2.05, 4.69) is 0 Å². The standard InChI is InChI=1S/C12H16N2O5/c1-18-9(16)11-3-13-5-12(8(11)15,10(17)19-2)6-14(4-11)7-13/h3-7H2,1-2H3. The van der Waals surface area contributed by atoms with Gasteiger partial charge in [0.2, 0.25) is 0 Å². The van der Waals surface area contributed by atoms with Crippen molar-refractivity contribution in [1.29, 1.82) is 0 Å². The van der Waals surface area contributed by atoms with Crippen LogP contribution < -0.4 is 0 Å². The highest BCUT2D eigenvalue weighted by Gasteiger charge is 2.70. The Labute approximate surface area is 110 Å². The van der Waals surface area contributed by atoms with Crippen LogP contribution in [0.3, 0.4) is 0 Å². The van der Waals surface area contributed by atoms with Crippen LogP contribution in [0.15, 0.2) is 0 Å². The monoisotopic (exact) mass is 268 g/mol. The number of carbonyl (C=O) groups excluding carboxylic acids is 3. The molecular formula is C12H16N2O5. The van der Waals surface area contributed by atoms with E-state index in [9.17, 15) is 14.4 Å². The molecule has 7 nitrogen and oxygen atoms in total. The Kier molecular flexibility index (Phi) is 2.49. The summed E-state index contributed by atoms with van der Waals surface area (Å²) in [6.07, 6.45) is 0. The van der Waals surface area contributed by atoms with Crippen molar-refractivity contribution < 1.29 is 23.9 Å². The molecule has 0 aliphatic carbocycles. The fourth-order valence-electron chi connectivity index (χ4n) is 3.80. The molecule has 0 radical (unpaired) electrons. The van der Waals surface area contributed by atoms with Crippen LogP contribution >= 0.6 is 0 Å². The molecule has 0 spiro atoms. The maximum Gasteiger partial charge on any atom is 0.322 e. The van der Waals surface area contributed by atoms with Gasteiger partial charge in [0.15, 0.2) is 16.6 Å². The molecule has 0 aromatic heterocycles. The molecule has 104 valence electrons. The van der Waals surface area contributed by atoms with Crippen LogP contribution in [0.25, 0.3) is 0 Å². The molecule has 0 atom stereocenters. The zero-order chi connectivity index (χ0) is 13.8. The van der Waals surface area contributed by atoms with Crippen molar-refractivity contribution in [3.05, 3.63) is 0 Å². The van der Waals surface area contributed by atoms with Gasteiger partial charge >= 0.3 is 11.9 Å². The molecule has 0 aromatic rings. The van der Waals surface area contributed by atoms with Crippen molar-refractivity contribution in [2.45, 2.75) is 0 Å². The summed E-state index contributed by atoms with van der Waals surface area (Å²) in [7, 11) is 2.54. The van der Waals surface area contributed by atoms with Crippen molar-refractivity contribution in [2.24, 2.45) is 10.8 Å². The second-order valence-corrected chi connectivity index (χ2v) is 5.59. The molecule has 4 bridgehead atoms. The minimum absolute atomic E-state index is 0.327. The van der Waals surface area contributed by atoms with Gasteiger partial charge in [-0.2, -0.15) is 0 Å². The first-order valence-corrected chi connectivity index (χ1v) is 6.15. The second-order valence-electron chi connectivity index (χ2n) is 5.59. The summed E-state index contributed by atoms with van der Waals surface area (Å²) in [4.78, 5) is 40.8. The van der Waals surface area contributed by atoms with E-state index in [1.165, 1.54) is 14.2 Å². The van der Waals surface area contributed by atoms with Gasteiger partial charge in [-0.05, 0) is 0 Å². The van der Waals surface area contributed by atoms with E-state index in [-0.39, 0.29) is 5.78 Å². The average molecular weight is 268 g/mol. The first-order chi connectivity index (χ1) is 8.98. The summed E-state index contributed by atoms with van der Waals surface area (Å²) in [6.45, 7) is 1.98. The lowest BCUT2D eigenvalue weighted by molar-refractivity contribution is -0.203. The van der Waals surface area contributed by atoms with E-state index in [0.29, 0.717) is 32.8 Å². The lowest BCUT2D eigenvalue weighted by Gasteiger charge is -2.60. The van der Waals surface area contributed by atoms with Crippen LogP contribution in [0.1, 0.15) is 0 Å². The maximum atomic E-state index is 12.8. The van der Waals surface area contributed by atoms with E-state index in [0.717, 1.165) is 0 Å². The van der Waals surface area contributed by atoms with Crippen LogP contribution in [0.2, 0.25) is 0 Å². The zero-order valence-corrected chi connectivity index (χ0v) is 11.0. The summed E-state index contributed by atoms with van der Waals surface area (Å²) in [6, 6.07) is 0. The number of ether oxygens (including phenoxy) is 2. The van der Waals surface area contributed by atoms with Crippen LogP contribution in [0.5, 0.6) is 0 Å². The third-order valence-corrected chi connectivity index (χ3v) is 4.40. The minimum atomic E-state index is -1.24. The lowest BCUT2D eigenvalue weighted by atomic mass is 9.61. The number of esters is 2. The number of methoxy groups -OCH3 is 2. The number of carbonyl (C=O) groups is 3. The van der Waals surface area contributed by atoms with Crippen molar-refractivity contribution in [1.82, 2.24) is 9.80 Å². The highest BCUT2D eigenvalue weighted by Crippen LogP contribution is 2.47. The van der Waals surface area contributed by atoms with Gasteiger partial charge in [0.25, 0.3) is 0 Å². The molecule has 4 saturated heterocycles. The molecule has 0 N–H and O–H groups in total. The van der Waals surface area contributed by atoms with Gasteiger partial charge in [-0.1, -0.05) is 0 Å². The van der Waals surface area contributed by atoms with Gasteiger partial charge in [-0.15, -0.1) is 0 Å². The highest BCUT2D eigenvalue weighted by atomic mass is 16.5. The topological polar surface area (TPSA) is 76.2 Å². The number of rotatable bonds is 2. The van der Waals surface area contributed by atoms with Crippen LogP contribution in [-0.2, 0) is 23.9 Å². The predicted octanol–water partition coefficient (Wildman–Crippen LogP) is -1.52. The number of Topliss-reactive ketones (excluding diaryl/α,β-unsaturated/α-hetero) is 1. The first-order valence-electron chi connectivity index (χ1n) is 6.15. The Morgan fingerprint density at radius 1 is 0.947 bits per heavy atom. The summed E-state index contributed by atoms with van der Waals surface area (Å²) in [5, 5.41) is 0. The highest BCUT2D eigenvalue weighted by molar-refractivity contribution is 6.17. The molecule has 0 unspecified atom stereocenters. The Hall–Kier alpha value is -1.47. The third-order valence-electron chi connectivity index (χ3n) is 4.40. The van der Waals surface area contributed by atoms with Crippen molar-refractivity contribution >= 4 is 17.7 Å². The van der Waals surface area contributed by atoms with E-state index in [1.807, 2.05) is 9.80 Å². The average Bonchev–Trinajstić information content (AvgIpc) is 2.41. The maximum absolute atomic E-state index is 12.8. The molecule has 4 rings (SSSR count). The smallest absolute Gasteiger partial charge is 0.322 e. The van der Waals surface area contributed by atoms with Gasteiger partial charge in [-0.3, -0.25) is 24.2 Å². The lowest BCUT2D eigenvalue weighted by Crippen LogP contribution is -2.79. The predicted molar refractivity (Wildman–Crippen MR) is 61.9 cm³/mol.